The molecule has 0 spiro atoms. The van der Waals surface area contributed by atoms with Crippen molar-refractivity contribution >= 4 is 17.5 Å². The van der Waals surface area contributed by atoms with Gasteiger partial charge in [0.05, 0.1) is 19.3 Å². The predicted molar refractivity (Wildman–Crippen MR) is 102 cm³/mol. The maximum atomic E-state index is 13.7. The van der Waals surface area contributed by atoms with E-state index in [4.69, 9.17) is 4.74 Å². The summed E-state index contributed by atoms with van der Waals surface area (Å²) in [5.41, 5.74) is 0.529. The summed E-state index contributed by atoms with van der Waals surface area (Å²) in [4.78, 5) is 27.2. The number of rotatable bonds is 9. The molecular weight excluding hydrogens is 387 g/mol. The second-order valence-electron chi connectivity index (χ2n) is 7.06. The highest BCUT2D eigenvalue weighted by atomic mass is 19.2. The Labute approximate surface area is 168 Å². The monoisotopic (exact) mass is 414 g/mol. The van der Waals surface area contributed by atoms with Gasteiger partial charge in [0.1, 0.15) is 0 Å². The van der Waals surface area contributed by atoms with Gasteiger partial charge in [-0.25, -0.2) is 13.2 Å². The van der Waals surface area contributed by atoms with Crippen LogP contribution in [0, 0.1) is 17.5 Å². The van der Waals surface area contributed by atoms with Crippen molar-refractivity contribution in [2.45, 2.75) is 25.7 Å². The van der Waals surface area contributed by atoms with Crippen molar-refractivity contribution in [3.8, 4) is 0 Å². The Morgan fingerprint density at radius 2 is 1.93 bits per heavy atom. The fourth-order valence-corrected chi connectivity index (χ4v) is 3.18. The molecule has 29 heavy (non-hydrogen) atoms. The van der Waals surface area contributed by atoms with Gasteiger partial charge >= 0.3 is 0 Å². The summed E-state index contributed by atoms with van der Waals surface area (Å²) < 4.78 is 45.0. The Balaban J connectivity index is 1.94. The molecular formula is C20H27F3N3O3+. The van der Waals surface area contributed by atoms with E-state index in [0.29, 0.717) is 18.1 Å². The summed E-state index contributed by atoms with van der Waals surface area (Å²) in [5, 5.41) is 2.21. The van der Waals surface area contributed by atoms with Crippen molar-refractivity contribution in [3.63, 3.8) is 0 Å². The van der Waals surface area contributed by atoms with Crippen LogP contribution in [0.1, 0.15) is 25.7 Å². The zero-order chi connectivity index (χ0) is 21.4. The fraction of sp³-hybridized carbons (Fsp3) is 0.500. The predicted octanol–water partition coefficient (Wildman–Crippen LogP) is 1.49. The maximum Gasteiger partial charge on any atom is 0.281 e. The fourth-order valence-electron chi connectivity index (χ4n) is 3.18. The second-order valence-corrected chi connectivity index (χ2v) is 7.06. The summed E-state index contributed by atoms with van der Waals surface area (Å²) >= 11 is 0. The molecule has 1 aliphatic carbocycles. The van der Waals surface area contributed by atoms with Crippen molar-refractivity contribution < 1.29 is 32.4 Å². The van der Waals surface area contributed by atoms with Crippen LogP contribution in [-0.4, -0.2) is 57.1 Å². The summed E-state index contributed by atoms with van der Waals surface area (Å²) in [6, 6.07) is 1.69. The van der Waals surface area contributed by atoms with Gasteiger partial charge in [-0.15, -0.1) is 0 Å². The molecule has 1 unspecified atom stereocenters. The highest BCUT2D eigenvalue weighted by Crippen LogP contribution is 2.21. The zero-order valence-corrected chi connectivity index (χ0v) is 16.7. The molecule has 0 radical (unpaired) electrons. The molecule has 1 aromatic carbocycles. The van der Waals surface area contributed by atoms with Crippen LogP contribution in [0.3, 0.4) is 0 Å². The van der Waals surface area contributed by atoms with Crippen LogP contribution in [0.5, 0.6) is 0 Å². The van der Waals surface area contributed by atoms with Gasteiger partial charge < -0.3 is 19.9 Å². The molecule has 6 nitrogen and oxygen atoms in total. The molecule has 1 aromatic rings. The van der Waals surface area contributed by atoms with Gasteiger partial charge in [0.2, 0.25) is 0 Å². The highest BCUT2D eigenvalue weighted by molar-refractivity contribution is 5.91. The average molecular weight is 414 g/mol. The largest absolute Gasteiger partial charge is 0.383 e. The summed E-state index contributed by atoms with van der Waals surface area (Å²) in [7, 11) is 3.22. The molecule has 1 aliphatic rings. The van der Waals surface area contributed by atoms with Crippen LogP contribution >= 0.6 is 0 Å². The third-order valence-corrected chi connectivity index (χ3v) is 4.66. The molecule has 0 aliphatic heterocycles. The molecule has 0 bridgehead atoms. The van der Waals surface area contributed by atoms with Crippen LogP contribution in [-0.2, 0) is 14.3 Å². The lowest BCUT2D eigenvalue weighted by Crippen LogP contribution is -3.11. The van der Waals surface area contributed by atoms with E-state index >= 15 is 0 Å². The molecule has 9 heteroatoms. The van der Waals surface area contributed by atoms with Crippen molar-refractivity contribution in [2.24, 2.45) is 0 Å². The maximum absolute atomic E-state index is 13.7. The lowest BCUT2D eigenvalue weighted by Gasteiger charge is -2.28. The molecule has 0 fully saturated rings. The number of allylic oxidation sites excluding steroid dienone is 2. The van der Waals surface area contributed by atoms with E-state index in [-0.39, 0.29) is 19.0 Å². The Hall–Kier alpha value is -2.39. The van der Waals surface area contributed by atoms with Gasteiger partial charge in [0.15, 0.2) is 30.5 Å². The Bertz CT molecular complexity index is 771. The summed E-state index contributed by atoms with van der Waals surface area (Å²) in [6.07, 6.45) is 5.93. The van der Waals surface area contributed by atoms with Crippen LogP contribution in [0.4, 0.5) is 18.9 Å². The van der Waals surface area contributed by atoms with Gasteiger partial charge in [-0.1, -0.05) is 6.08 Å². The molecule has 2 rings (SSSR count). The first-order valence-corrected chi connectivity index (χ1v) is 9.56. The number of hydrogen-bond donors (Lipinski definition) is 2. The second kappa shape index (κ2) is 11.0. The number of hydrogen-bond acceptors (Lipinski definition) is 3. The van der Waals surface area contributed by atoms with Gasteiger partial charge in [0, 0.05) is 19.4 Å². The van der Waals surface area contributed by atoms with E-state index in [1.165, 1.54) is 0 Å². The van der Waals surface area contributed by atoms with Crippen molar-refractivity contribution in [1.29, 1.82) is 0 Å². The quantitative estimate of drug-likeness (QED) is 0.602. The number of carbonyl (C=O) groups excluding carboxylic acids is 2. The number of anilines is 1. The van der Waals surface area contributed by atoms with Gasteiger partial charge in [0.25, 0.3) is 11.8 Å². The van der Waals surface area contributed by atoms with Crippen LogP contribution in [0.2, 0.25) is 0 Å². The third-order valence-electron chi connectivity index (χ3n) is 4.66. The number of ether oxygens (including phenoxy) is 1. The minimum atomic E-state index is -1.65. The van der Waals surface area contributed by atoms with Crippen molar-refractivity contribution in [1.82, 2.24) is 4.90 Å². The smallest absolute Gasteiger partial charge is 0.281 e. The number of benzene rings is 1. The molecule has 2 N–H and O–H groups in total. The Kier molecular flexibility index (Phi) is 8.66. The van der Waals surface area contributed by atoms with Gasteiger partial charge in [-0.2, -0.15) is 0 Å². The van der Waals surface area contributed by atoms with Crippen LogP contribution < -0.4 is 10.2 Å². The first-order chi connectivity index (χ1) is 13.8. The Morgan fingerprint density at radius 1 is 1.17 bits per heavy atom. The number of amides is 2. The minimum Gasteiger partial charge on any atom is -0.383 e. The summed E-state index contributed by atoms with van der Waals surface area (Å²) in [6.45, 7) is 0.745. The number of likely N-dealkylation sites (N-methyl/N-ethyl adjacent to an activating group) is 1. The van der Waals surface area contributed by atoms with E-state index in [9.17, 15) is 22.8 Å². The topological polar surface area (TPSA) is 63.1 Å². The van der Waals surface area contributed by atoms with Crippen molar-refractivity contribution in [3.05, 3.63) is 41.4 Å². The molecule has 2 amide bonds. The first-order valence-electron chi connectivity index (χ1n) is 9.56. The standard InChI is InChI=1S/C20H26F3N3O3/c1-25(12-17(27)24-16-9-8-15(21)19(22)20(16)23)13-18(28)26(10-11-29-2)14-6-4-3-5-7-14/h6,8-9H,3-5,7,10-13H2,1-2H3,(H,24,27)/p+1. The molecule has 0 aromatic heterocycles. The first kappa shape index (κ1) is 22.9. The zero-order valence-electron chi connectivity index (χ0n) is 16.7. The number of halogens is 3. The van der Waals surface area contributed by atoms with E-state index in [1.54, 1.807) is 19.1 Å². The van der Waals surface area contributed by atoms with Gasteiger partial charge in [-0.05, 0) is 37.8 Å². The lowest BCUT2D eigenvalue weighted by molar-refractivity contribution is -0.862. The van der Waals surface area contributed by atoms with Gasteiger partial charge in [-0.3, -0.25) is 9.59 Å². The molecule has 0 saturated carbocycles. The van der Waals surface area contributed by atoms with E-state index < -0.39 is 29.0 Å². The van der Waals surface area contributed by atoms with E-state index in [0.717, 1.165) is 43.5 Å². The van der Waals surface area contributed by atoms with E-state index in [1.807, 2.05) is 0 Å². The number of methoxy groups -OCH3 is 1. The Morgan fingerprint density at radius 3 is 2.59 bits per heavy atom. The number of quaternary nitrogens is 1. The number of nitrogens with zero attached hydrogens (tertiary/aromatic N) is 1. The normalized spacial score (nSPS) is 14.9. The molecule has 0 saturated heterocycles. The SMILES string of the molecule is COCCN(C(=O)C[NH+](C)CC(=O)Nc1ccc(F)c(F)c1F)C1=CCCCC1. The lowest BCUT2D eigenvalue weighted by atomic mass is 10.0. The number of nitrogens with one attached hydrogen (secondary N) is 2. The number of carbonyl (C=O) groups is 2. The van der Waals surface area contributed by atoms with Crippen LogP contribution in [0.25, 0.3) is 0 Å². The minimum absolute atomic E-state index is 0.0503. The highest BCUT2D eigenvalue weighted by Gasteiger charge is 2.24. The average Bonchev–Trinajstić information content (AvgIpc) is 2.69. The van der Waals surface area contributed by atoms with E-state index in [2.05, 4.69) is 11.4 Å². The van der Waals surface area contributed by atoms with Crippen LogP contribution in [0.15, 0.2) is 23.9 Å². The summed E-state index contributed by atoms with van der Waals surface area (Å²) in [5.74, 6) is -5.18. The van der Waals surface area contributed by atoms with Crippen molar-refractivity contribution in [2.75, 3.05) is 45.7 Å². The third kappa shape index (κ3) is 6.57. The molecule has 1 atom stereocenters. The molecule has 0 heterocycles. The molecule has 160 valence electrons.